The zero-order valence-corrected chi connectivity index (χ0v) is 15.0. The van der Waals surface area contributed by atoms with Gasteiger partial charge in [0.1, 0.15) is 5.00 Å². The van der Waals surface area contributed by atoms with Gasteiger partial charge in [-0.05, 0) is 49.0 Å². The molecule has 0 saturated heterocycles. The van der Waals surface area contributed by atoms with Crippen LogP contribution in [-0.2, 0) is 17.6 Å². The molecule has 1 aromatic rings. The normalized spacial score (nSPS) is 20.9. The fourth-order valence-electron chi connectivity index (χ4n) is 3.45. The highest BCUT2D eigenvalue weighted by molar-refractivity contribution is 7.17. The van der Waals surface area contributed by atoms with Crippen molar-refractivity contribution in [3.8, 4) is 0 Å². The number of nitrogens with one attached hydrogen (secondary N) is 1. The number of rotatable bonds is 5. The minimum Gasteiger partial charge on any atom is -0.365 e. The van der Waals surface area contributed by atoms with Crippen molar-refractivity contribution in [3.05, 3.63) is 16.0 Å². The lowest BCUT2D eigenvalue weighted by Crippen LogP contribution is -2.29. The van der Waals surface area contributed by atoms with Crippen LogP contribution in [-0.4, -0.2) is 11.8 Å². The maximum absolute atomic E-state index is 12.1. The van der Waals surface area contributed by atoms with Gasteiger partial charge in [-0.25, -0.2) is 0 Å². The summed E-state index contributed by atoms with van der Waals surface area (Å²) in [4.78, 5) is 25.2. The number of nitrogens with two attached hydrogens (primary N) is 1. The van der Waals surface area contributed by atoms with Crippen LogP contribution in [0.5, 0.6) is 0 Å². The highest BCUT2D eigenvalue weighted by atomic mass is 32.1. The fraction of sp³-hybridized carbons (Fsp3) is 0.667. The van der Waals surface area contributed by atoms with Crippen molar-refractivity contribution >= 4 is 28.2 Å². The van der Waals surface area contributed by atoms with Gasteiger partial charge in [0.05, 0.1) is 5.56 Å². The van der Waals surface area contributed by atoms with Gasteiger partial charge in [-0.1, -0.05) is 27.2 Å². The number of primary amides is 1. The molecule has 1 atom stereocenters. The lowest BCUT2D eigenvalue weighted by Gasteiger charge is -2.36. The Morgan fingerprint density at radius 1 is 1.30 bits per heavy atom. The third-order valence-corrected chi connectivity index (χ3v) is 6.88. The highest BCUT2D eigenvalue weighted by Crippen LogP contribution is 2.45. The van der Waals surface area contributed by atoms with Crippen LogP contribution in [0.4, 0.5) is 5.00 Å². The van der Waals surface area contributed by atoms with Crippen molar-refractivity contribution < 1.29 is 9.59 Å². The summed E-state index contributed by atoms with van der Waals surface area (Å²) in [6.07, 6.45) is 6.01. The molecule has 0 aliphatic heterocycles. The smallest absolute Gasteiger partial charge is 0.251 e. The average molecular weight is 334 g/mol. The van der Waals surface area contributed by atoms with Gasteiger partial charge in [-0.15, -0.1) is 11.3 Å². The Morgan fingerprint density at radius 3 is 2.57 bits per heavy atom. The minimum absolute atomic E-state index is 0.0385. The largest absolute Gasteiger partial charge is 0.365 e. The van der Waals surface area contributed by atoms with Crippen molar-refractivity contribution in [2.75, 3.05) is 5.32 Å². The first-order valence-corrected chi connectivity index (χ1v) is 9.40. The predicted molar refractivity (Wildman–Crippen MR) is 93.8 cm³/mol. The van der Waals surface area contributed by atoms with Crippen LogP contribution in [0.2, 0.25) is 0 Å². The molecule has 5 heteroatoms. The zero-order valence-electron chi connectivity index (χ0n) is 14.2. The first-order chi connectivity index (χ1) is 10.8. The first-order valence-electron chi connectivity index (χ1n) is 8.58. The summed E-state index contributed by atoms with van der Waals surface area (Å²) in [6.45, 7) is 6.88. The lowest BCUT2D eigenvalue weighted by atomic mass is 9.69. The molecule has 3 N–H and O–H groups in total. The van der Waals surface area contributed by atoms with E-state index in [9.17, 15) is 9.59 Å². The molecule has 0 radical (unpaired) electrons. The van der Waals surface area contributed by atoms with E-state index in [-0.39, 0.29) is 11.8 Å². The Balaban J connectivity index is 1.89. The number of amides is 2. The molecule has 0 aromatic carbocycles. The third-order valence-electron chi connectivity index (χ3n) is 5.71. The molecule has 1 aromatic heterocycles. The molecule has 0 bridgehead atoms. The summed E-state index contributed by atoms with van der Waals surface area (Å²) in [5.41, 5.74) is 7.55. The van der Waals surface area contributed by atoms with Crippen molar-refractivity contribution in [2.24, 2.45) is 23.0 Å². The van der Waals surface area contributed by atoms with E-state index in [1.54, 1.807) is 11.3 Å². The van der Waals surface area contributed by atoms with Crippen LogP contribution >= 0.6 is 11.3 Å². The second-order valence-electron chi connectivity index (χ2n) is 7.62. The lowest BCUT2D eigenvalue weighted by molar-refractivity contribution is -0.117. The molecule has 4 nitrogen and oxygen atoms in total. The van der Waals surface area contributed by atoms with E-state index < -0.39 is 5.91 Å². The molecule has 3 rings (SSSR count). The highest BCUT2D eigenvalue weighted by Gasteiger charge is 2.36. The standard InChI is InChI=1S/C18H26N2O2S/c1-4-18(2,3)11-7-8-12-13(9-11)23-17(14(12)15(19)21)20-16(22)10-5-6-10/h10-11H,4-9H2,1-3H3,(H2,19,21)(H,20,22)/t11-/m0/s1. The SMILES string of the molecule is CCC(C)(C)[C@H]1CCc2c(sc(NC(=O)C3CC3)c2C(N)=O)C1. The second-order valence-corrected chi connectivity index (χ2v) is 8.72. The van der Waals surface area contributed by atoms with Gasteiger partial charge in [-0.3, -0.25) is 9.59 Å². The van der Waals surface area contributed by atoms with Crippen LogP contribution in [0.25, 0.3) is 0 Å². The number of hydrogen-bond acceptors (Lipinski definition) is 3. The Bertz CT molecular complexity index is 644. The Morgan fingerprint density at radius 2 is 2.00 bits per heavy atom. The number of anilines is 1. The van der Waals surface area contributed by atoms with Crippen LogP contribution < -0.4 is 11.1 Å². The van der Waals surface area contributed by atoms with Gasteiger partial charge in [0.2, 0.25) is 5.91 Å². The molecule has 23 heavy (non-hydrogen) atoms. The number of carbonyl (C=O) groups excluding carboxylic acids is 2. The van der Waals surface area contributed by atoms with Crippen LogP contribution in [0.3, 0.4) is 0 Å². The quantitative estimate of drug-likeness (QED) is 0.861. The molecular weight excluding hydrogens is 308 g/mol. The average Bonchev–Trinajstić information content (AvgIpc) is 3.28. The summed E-state index contributed by atoms with van der Waals surface area (Å²) in [6, 6.07) is 0. The van der Waals surface area contributed by atoms with E-state index in [1.807, 2.05) is 0 Å². The molecule has 2 aliphatic rings. The van der Waals surface area contributed by atoms with E-state index in [0.717, 1.165) is 44.1 Å². The van der Waals surface area contributed by atoms with Crippen molar-refractivity contribution in [1.29, 1.82) is 0 Å². The molecule has 0 unspecified atom stereocenters. The van der Waals surface area contributed by atoms with Gasteiger partial charge in [0, 0.05) is 10.8 Å². The summed E-state index contributed by atoms with van der Waals surface area (Å²) >= 11 is 1.56. The van der Waals surface area contributed by atoms with E-state index in [1.165, 1.54) is 4.88 Å². The topological polar surface area (TPSA) is 72.2 Å². The Hall–Kier alpha value is -1.36. The molecular formula is C18H26N2O2S. The molecule has 1 saturated carbocycles. The van der Waals surface area contributed by atoms with Crippen molar-refractivity contribution in [1.82, 2.24) is 0 Å². The summed E-state index contributed by atoms with van der Waals surface area (Å²) in [5.74, 6) is 0.367. The third kappa shape index (κ3) is 3.16. The minimum atomic E-state index is -0.415. The van der Waals surface area contributed by atoms with Crippen molar-refractivity contribution in [2.45, 2.75) is 59.3 Å². The number of thiophene rings is 1. The summed E-state index contributed by atoms with van der Waals surface area (Å²) in [5, 5.41) is 3.63. The van der Waals surface area contributed by atoms with Gasteiger partial charge >= 0.3 is 0 Å². The molecule has 126 valence electrons. The summed E-state index contributed by atoms with van der Waals surface area (Å²) in [7, 11) is 0. The van der Waals surface area contributed by atoms with Crippen LogP contribution in [0.15, 0.2) is 0 Å². The van der Waals surface area contributed by atoms with Crippen LogP contribution in [0.1, 0.15) is 67.3 Å². The Kier molecular flexibility index (Phi) is 4.25. The zero-order chi connectivity index (χ0) is 16.8. The Labute approximate surface area is 141 Å². The van der Waals surface area contributed by atoms with Crippen molar-refractivity contribution in [3.63, 3.8) is 0 Å². The fourth-order valence-corrected chi connectivity index (χ4v) is 4.79. The molecule has 1 fully saturated rings. The van der Waals surface area contributed by atoms with Gasteiger partial charge in [-0.2, -0.15) is 0 Å². The number of hydrogen-bond donors (Lipinski definition) is 2. The predicted octanol–water partition coefficient (Wildman–Crippen LogP) is 3.74. The number of fused-ring (bicyclic) bond motifs is 1. The maximum Gasteiger partial charge on any atom is 0.251 e. The van der Waals surface area contributed by atoms with E-state index >= 15 is 0 Å². The molecule has 2 amide bonds. The van der Waals surface area contributed by atoms with E-state index in [2.05, 4.69) is 26.1 Å². The van der Waals surface area contributed by atoms with E-state index in [0.29, 0.717) is 21.9 Å². The summed E-state index contributed by atoms with van der Waals surface area (Å²) < 4.78 is 0. The monoisotopic (exact) mass is 334 g/mol. The molecule has 2 aliphatic carbocycles. The molecule has 0 spiro atoms. The number of carbonyl (C=O) groups is 2. The van der Waals surface area contributed by atoms with Gasteiger partial charge < -0.3 is 11.1 Å². The van der Waals surface area contributed by atoms with Crippen LogP contribution in [0, 0.1) is 17.3 Å². The molecule has 1 heterocycles. The second kappa shape index (κ2) is 5.93. The van der Waals surface area contributed by atoms with Gasteiger partial charge in [0.15, 0.2) is 0 Å². The maximum atomic E-state index is 12.1. The van der Waals surface area contributed by atoms with E-state index in [4.69, 9.17) is 5.73 Å². The van der Waals surface area contributed by atoms with Gasteiger partial charge in [0.25, 0.3) is 5.91 Å². The first kappa shape index (κ1) is 16.5.